The summed E-state index contributed by atoms with van der Waals surface area (Å²) in [7, 11) is 1.52. The fourth-order valence-corrected chi connectivity index (χ4v) is 3.28. The number of ether oxygens (including phenoxy) is 1. The van der Waals surface area contributed by atoms with E-state index in [2.05, 4.69) is 4.98 Å². The van der Waals surface area contributed by atoms with Gasteiger partial charge in [-0.1, -0.05) is 41.9 Å². The number of aromatic nitrogens is 2. The fraction of sp³-hybridized carbons (Fsp3) is 0.0435. The lowest BCUT2D eigenvalue weighted by Crippen LogP contribution is -2.22. The molecule has 0 radical (unpaired) electrons. The fourth-order valence-electron chi connectivity index (χ4n) is 3.11. The summed E-state index contributed by atoms with van der Waals surface area (Å²) in [5.74, 6) is 0.514. The van der Waals surface area contributed by atoms with Gasteiger partial charge in [0.15, 0.2) is 0 Å². The van der Waals surface area contributed by atoms with Crippen molar-refractivity contribution in [3.8, 4) is 11.4 Å². The van der Waals surface area contributed by atoms with Gasteiger partial charge >= 0.3 is 0 Å². The van der Waals surface area contributed by atoms with Crippen molar-refractivity contribution in [1.29, 1.82) is 0 Å². The summed E-state index contributed by atoms with van der Waals surface area (Å²) in [6.45, 7) is 0. The second-order valence-corrected chi connectivity index (χ2v) is 6.77. The standard InChI is InChI=1S/C23H16ClFN2O2/c1-29-21-11-10-16(24)14-20(21)27-22(12-9-15-5-4-6-17(25)13-15)26-19-8-3-2-7-18(19)23(27)28/h2-14H,1H3. The van der Waals surface area contributed by atoms with Crippen molar-refractivity contribution >= 4 is 34.7 Å². The molecule has 0 aliphatic rings. The van der Waals surface area contributed by atoms with Gasteiger partial charge in [0, 0.05) is 5.02 Å². The Balaban J connectivity index is 1.99. The Bertz CT molecular complexity index is 1300. The number of halogens is 2. The zero-order valence-corrected chi connectivity index (χ0v) is 16.2. The Morgan fingerprint density at radius 1 is 1.03 bits per heavy atom. The van der Waals surface area contributed by atoms with Crippen molar-refractivity contribution in [3.63, 3.8) is 0 Å². The Morgan fingerprint density at radius 3 is 2.66 bits per heavy atom. The number of methoxy groups -OCH3 is 1. The smallest absolute Gasteiger partial charge is 0.266 e. The number of rotatable bonds is 4. The molecule has 0 amide bonds. The minimum atomic E-state index is -0.340. The largest absolute Gasteiger partial charge is 0.495 e. The summed E-state index contributed by atoms with van der Waals surface area (Å²) in [6.07, 6.45) is 3.37. The van der Waals surface area contributed by atoms with Crippen molar-refractivity contribution in [2.75, 3.05) is 7.11 Å². The highest BCUT2D eigenvalue weighted by Crippen LogP contribution is 2.27. The molecule has 1 aromatic heterocycles. The first kappa shape index (κ1) is 18.9. The Labute approximate surface area is 171 Å². The second-order valence-electron chi connectivity index (χ2n) is 6.33. The van der Waals surface area contributed by atoms with Crippen LogP contribution in [0.2, 0.25) is 5.02 Å². The maximum atomic E-state index is 13.5. The summed E-state index contributed by atoms with van der Waals surface area (Å²) in [5, 5.41) is 0.929. The second kappa shape index (κ2) is 7.89. The van der Waals surface area contributed by atoms with Crippen LogP contribution in [-0.2, 0) is 0 Å². The quantitative estimate of drug-likeness (QED) is 0.458. The van der Waals surface area contributed by atoms with Gasteiger partial charge in [-0.15, -0.1) is 0 Å². The molecule has 0 aliphatic heterocycles. The minimum Gasteiger partial charge on any atom is -0.495 e. The van der Waals surface area contributed by atoms with Crippen LogP contribution < -0.4 is 10.3 Å². The van der Waals surface area contributed by atoms with Crippen LogP contribution >= 0.6 is 11.6 Å². The Kier molecular flexibility index (Phi) is 5.14. The van der Waals surface area contributed by atoms with Crippen molar-refractivity contribution in [2.24, 2.45) is 0 Å². The number of hydrogen-bond acceptors (Lipinski definition) is 3. The number of hydrogen-bond donors (Lipinski definition) is 0. The zero-order valence-electron chi connectivity index (χ0n) is 15.5. The van der Waals surface area contributed by atoms with Crippen molar-refractivity contribution in [3.05, 3.63) is 99.3 Å². The van der Waals surface area contributed by atoms with E-state index in [0.29, 0.717) is 38.8 Å². The lowest BCUT2D eigenvalue weighted by Gasteiger charge is -2.15. The first-order valence-electron chi connectivity index (χ1n) is 8.86. The van der Waals surface area contributed by atoms with E-state index in [0.717, 1.165) is 0 Å². The molecular weight excluding hydrogens is 391 g/mol. The average Bonchev–Trinajstić information content (AvgIpc) is 2.72. The zero-order chi connectivity index (χ0) is 20.4. The molecular formula is C23H16ClFN2O2. The van der Waals surface area contributed by atoms with Gasteiger partial charge < -0.3 is 4.74 Å². The van der Waals surface area contributed by atoms with E-state index in [1.807, 2.05) is 6.07 Å². The van der Waals surface area contributed by atoms with Crippen LogP contribution in [0, 0.1) is 5.82 Å². The topological polar surface area (TPSA) is 44.1 Å². The van der Waals surface area contributed by atoms with Gasteiger partial charge in [-0.2, -0.15) is 0 Å². The van der Waals surface area contributed by atoms with Crippen LogP contribution in [0.4, 0.5) is 4.39 Å². The van der Waals surface area contributed by atoms with Crippen LogP contribution in [-0.4, -0.2) is 16.7 Å². The molecule has 0 atom stereocenters. The number of fused-ring (bicyclic) bond motifs is 1. The van der Waals surface area contributed by atoms with Crippen molar-refractivity contribution in [1.82, 2.24) is 9.55 Å². The lowest BCUT2D eigenvalue weighted by atomic mass is 10.2. The monoisotopic (exact) mass is 406 g/mol. The SMILES string of the molecule is COc1ccc(Cl)cc1-n1c(C=Cc2cccc(F)c2)nc2ccccc2c1=O. The molecule has 0 aliphatic carbocycles. The molecule has 0 bridgehead atoms. The van der Waals surface area contributed by atoms with Crippen molar-refractivity contribution in [2.45, 2.75) is 0 Å². The molecule has 4 aromatic rings. The highest BCUT2D eigenvalue weighted by atomic mass is 35.5. The molecule has 6 heteroatoms. The number of benzene rings is 3. The molecule has 29 heavy (non-hydrogen) atoms. The van der Waals surface area contributed by atoms with E-state index >= 15 is 0 Å². The van der Waals surface area contributed by atoms with E-state index < -0.39 is 0 Å². The maximum absolute atomic E-state index is 13.5. The Morgan fingerprint density at radius 2 is 1.86 bits per heavy atom. The van der Waals surface area contributed by atoms with Gasteiger partial charge in [0.1, 0.15) is 17.4 Å². The van der Waals surface area contributed by atoms with Gasteiger partial charge in [0.2, 0.25) is 0 Å². The molecule has 4 rings (SSSR count). The molecule has 0 fully saturated rings. The first-order valence-corrected chi connectivity index (χ1v) is 9.24. The summed E-state index contributed by atoms with van der Waals surface area (Å²) >= 11 is 6.19. The third-order valence-corrected chi connectivity index (χ3v) is 4.69. The summed E-state index contributed by atoms with van der Waals surface area (Å²) in [5.41, 5.74) is 1.43. The van der Waals surface area contributed by atoms with Crippen LogP contribution in [0.3, 0.4) is 0 Å². The molecule has 0 saturated carbocycles. The van der Waals surface area contributed by atoms with Gasteiger partial charge in [0.05, 0.1) is 23.7 Å². The van der Waals surface area contributed by atoms with Crippen molar-refractivity contribution < 1.29 is 9.13 Å². The van der Waals surface area contributed by atoms with Crippen LogP contribution in [0.15, 0.2) is 71.5 Å². The van der Waals surface area contributed by atoms with E-state index in [1.165, 1.54) is 23.8 Å². The van der Waals surface area contributed by atoms with Gasteiger partial charge in [-0.25, -0.2) is 9.37 Å². The molecule has 0 N–H and O–H groups in total. The molecule has 3 aromatic carbocycles. The molecule has 4 nitrogen and oxygen atoms in total. The molecule has 1 heterocycles. The summed E-state index contributed by atoms with van der Waals surface area (Å²) in [4.78, 5) is 18.0. The van der Waals surface area contributed by atoms with E-state index in [9.17, 15) is 9.18 Å². The summed E-state index contributed by atoms with van der Waals surface area (Å²) < 4.78 is 20.4. The first-order chi connectivity index (χ1) is 14.1. The predicted molar refractivity (Wildman–Crippen MR) is 114 cm³/mol. The predicted octanol–water partition coefficient (Wildman–Crippen LogP) is 5.36. The lowest BCUT2D eigenvalue weighted by molar-refractivity contribution is 0.412. The van der Waals surface area contributed by atoms with Gasteiger partial charge in [-0.3, -0.25) is 9.36 Å². The van der Waals surface area contributed by atoms with Crippen LogP contribution in [0.1, 0.15) is 11.4 Å². The third-order valence-electron chi connectivity index (χ3n) is 4.46. The Hall–Kier alpha value is -3.44. The average molecular weight is 407 g/mol. The van der Waals surface area contributed by atoms with E-state index in [4.69, 9.17) is 16.3 Å². The molecule has 0 unspecified atom stereocenters. The third kappa shape index (κ3) is 3.77. The van der Waals surface area contributed by atoms with E-state index in [1.54, 1.807) is 60.7 Å². The molecule has 0 saturated heterocycles. The van der Waals surface area contributed by atoms with Crippen LogP contribution in [0.5, 0.6) is 5.75 Å². The van der Waals surface area contributed by atoms with Crippen LogP contribution in [0.25, 0.3) is 28.7 Å². The molecule has 144 valence electrons. The van der Waals surface area contributed by atoms with Gasteiger partial charge in [0.25, 0.3) is 5.56 Å². The number of para-hydroxylation sites is 1. The summed E-state index contributed by atoms with van der Waals surface area (Å²) in [6, 6.07) is 18.3. The highest BCUT2D eigenvalue weighted by Gasteiger charge is 2.15. The van der Waals surface area contributed by atoms with Gasteiger partial charge in [-0.05, 0) is 54.1 Å². The minimum absolute atomic E-state index is 0.255. The number of nitrogens with zero attached hydrogens (tertiary/aromatic N) is 2. The van der Waals surface area contributed by atoms with E-state index in [-0.39, 0.29) is 11.4 Å². The molecule has 0 spiro atoms. The maximum Gasteiger partial charge on any atom is 0.266 e. The normalized spacial score (nSPS) is 11.3. The highest BCUT2D eigenvalue weighted by molar-refractivity contribution is 6.30.